The molecule has 1 amide bonds. The largest absolute Gasteiger partial charge is 0.481 e. The number of carboxylic acid groups (broad SMARTS) is 2. The summed E-state index contributed by atoms with van der Waals surface area (Å²) in [4.78, 5) is 40.0. The lowest BCUT2D eigenvalue weighted by atomic mass is 9.78. The standard InChI is InChI=1S/C32H60N6O5/c1-29(2)19-23(20-30(3,4)35-29)37(25(34-33)13-15-27(40)41)17-11-9-10-12-18-38(26(39)14-16-28(42)43)24-21-31(5,6)36-32(7,8)22-24/h23-24,35-36H,9-22,33H2,1-8H3,(H,40,41)(H,42,43). The Morgan fingerprint density at radius 2 is 1.02 bits per heavy atom. The summed E-state index contributed by atoms with van der Waals surface area (Å²) in [6.45, 7) is 18.8. The summed E-state index contributed by atoms with van der Waals surface area (Å²) in [5.41, 5.74) is -0.402. The number of amidine groups is 1. The number of nitrogens with two attached hydrogens (primary N) is 1. The lowest BCUT2D eigenvalue weighted by Gasteiger charge is -2.50. The van der Waals surface area contributed by atoms with Gasteiger partial charge in [-0.15, -0.1) is 0 Å². The van der Waals surface area contributed by atoms with Gasteiger partial charge < -0.3 is 36.5 Å². The molecule has 43 heavy (non-hydrogen) atoms. The zero-order valence-corrected chi connectivity index (χ0v) is 28.1. The summed E-state index contributed by atoms with van der Waals surface area (Å²) in [6.07, 6.45) is 7.23. The summed E-state index contributed by atoms with van der Waals surface area (Å²) in [6, 6.07) is 0.253. The molecule has 6 N–H and O–H groups in total. The highest BCUT2D eigenvalue weighted by atomic mass is 16.4. The van der Waals surface area contributed by atoms with Crippen molar-refractivity contribution >= 4 is 23.7 Å². The van der Waals surface area contributed by atoms with Crippen LogP contribution in [-0.2, 0) is 14.4 Å². The first-order valence-corrected chi connectivity index (χ1v) is 16.1. The molecule has 0 radical (unpaired) electrons. The van der Waals surface area contributed by atoms with Gasteiger partial charge in [0.25, 0.3) is 0 Å². The summed E-state index contributed by atoms with van der Waals surface area (Å²) < 4.78 is 0. The minimum atomic E-state index is -0.951. The Hall–Kier alpha value is -2.40. The van der Waals surface area contributed by atoms with Gasteiger partial charge in [-0.3, -0.25) is 14.4 Å². The molecule has 0 spiro atoms. The van der Waals surface area contributed by atoms with Gasteiger partial charge >= 0.3 is 11.9 Å². The molecule has 2 heterocycles. The molecule has 2 fully saturated rings. The Balaban J connectivity index is 2.05. The Kier molecular flexibility index (Phi) is 12.9. The number of amides is 1. The van der Waals surface area contributed by atoms with Gasteiger partial charge in [0.15, 0.2) is 0 Å². The van der Waals surface area contributed by atoms with E-state index in [2.05, 4.69) is 76.0 Å². The van der Waals surface area contributed by atoms with Crippen LogP contribution in [-0.4, -0.2) is 91.0 Å². The third kappa shape index (κ3) is 12.6. The lowest BCUT2D eigenvalue weighted by molar-refractivity contribution is -0.142. The number of nitrogens with one attached hydrogen (secondary N) is 2. The number of rotatable bonds is 15. The molecule has 2 aliphatic rings. The van der Waals surface area contributed by atoms with E-state index in [4.69, 9.17) is 5.84 Å². The number of hydrogen-bond acceptors (Lipinski definition) is 7. The average Bonchev–Trinajstić information content (AvgIpc) is 2.81. The first-order chi connectivity index (χ1) is 19.7. The summed E-state index contributed by atoms with van der Waals surface area (Å²) in [5.74, 6) is 4.58. The zero-order valence-electron chi connectivity index (χ0n) is 28.1. The molecule has 248 valence electrons. The van der Waals surface area contributed by atoms with Crippen LogP contribution in [0.1, 0.15) is 132 Å². The maximum atomic E-state index is 13.2. The third-order valence-electron chi connectivity index (χ3n) is 8.68. The van der Waals surface area contributed by atoms with Crippen molar-refractivity contribution in [2.75, 3.05) is 13.1 Å². The van der Waals surface area contributed by atoms with Crippen molar-refractivity contribution in [2.24, 2.45) is 10.9 Å². The minimum absolute atomic E-state index is 0.0136. The van der Waals surface area contributed by atoms with Gasteiger partial charge in [-0.25, -0.2) is 0 Å². The molecule has 11 heteroatoms. The fourth-order valence-corrected chi connectivity index (χ4v) is 7.79. The SMILES string of the molecule is CC1(C)CC(N(CCCCCCN(C(CCC(=O)O)=NN)C2CC(C)(C)NC(C)(C)C2)C(=O)CCC(=O)O)CC(C)(C)N1. The van der Waals surface area contributed by atoms with Crippen LogP contribution in [0.2, 0.25) is 0 Å². The number of hydrogen-bond donors (Lipinski definition) is 5. The highest BCUT2D eigenvalue weighted by Crippen LogP contribution is 2.34. The molecule has 2 rings (SSSR count). The molecule has 0 aromatic rings. The number of carbonyl (C=O) groups is 3. The van der Waals surface area contributed by atoms with Crippen molar-refractivity contribution in [3.8, 4) is 0 Å². The molecule has 0 aliphatic carbocycles. The van der Waals surface area contributed by atoms with Gasteiger partial charge in [0.1, 0.15) is 5.84 Å². The quantitative estimate of drug-likeness (QED) is 0.0600. The van der Waals surface area contributed by atoms with Crippen LogP contribution >= 0.6 is 0 Å². The molecule has 0 aromatic heterocycles. The van der Waals surface area contributed by atoms with Crippen LogP contribution in [0, 0.1) is 0 Å². The van der Waals surface area contributed by atoms with Crippen molar-refractivity contribution in [3.63, 3.8) is 0 Å². The Morgan fingerprint density at radius 1 is 0.651 bits per heavy atom. The number of aliphatic carboxylic acids is 2. The van der Waals surface area contributed by atoms with E-state index in [1.807, 2.05) is 4.90 Å². The van der Waals surface area contributed by atoms with Gasteiger partial charge in [0.05, 0.1) is 12.8 Å². The molecule has 0 aromatic carbocycles. The van der Waals surface area contributed by atoms with Crippen molar-refractivity contribution < 1.29 is 24.6 Å². The van der Waals surface area contributed by atoms with E-state index in [0.29, 0.717) is 18.8 Å². The van der Waals surface area contributed by atoms with Gasteiger partial charge in [0, 0.05) is 60.2 Å². The number of carbonyl (C=O) groups excluding carboxylic acids is 1. The van der Waals surface area contributed by atoms with E-state index in [0.717, 1.165) is 57.9 Å². The number of unbranched alkanes of at least 4 members (excludes halogenated alkanes) is 3. The molecule has 0 atom stereocenters. The maximum absolute atomic E-state index is 13.2. The van der Waals surface area contributed by atoms with Crippen molar-refractivity contribution in [2.45, 2.75) is 167 Å². The van der Waals surface area contributed by atoms with Gasteiger partial charge in [0.2, 0.25) is 5.91 Å². The van der Waals surface area contributed by atoms with Gasteiger partial charge in [-0.2, -0.15) is 5.10 Å². The van der Waals surface area contributed by atoms with E-state index >= 15 is 0 Å². The monoisotopic (exact) mass is 608 g/mol. The number of nitrogens with zero attached hydrogens (tertiary/aromatic N) is 3. The van der Waals surface area contributed by atoms with Crippen LogP contribution in [0.25, 0.3) is 0 Å². The minimum Gasteiger partial charge on any atom is -0.481 e. The van der Waals surface area contributed by atoms with Crippen LogP contribution in [0.4, 0.5) is 0 Å². The van der Waals surface area contributed by atoms with Crippen LogP contribution in [0.5, 0.6) is 0 Å². The molecular weight excluding hydrogens is 548 g/mol. The second kappa shape index (κ2) is 15.1. The van der Waals surface area contributed by atoms with Gasteiger partial charge in [-0.1, -0.05) is 12.8 Å². The molecule has 0 bridgehead atoms. The number of piperidine rings is 2. The lowest BCUT2D eigenvalue weighted by Crippen LogP contribution is -2.63. The molecule has 0 saturated carbocycles. The molecule has 11 nitrogen and oxygen atoms in total. The third-order valence-corrected chi connectivity index (χ3v) is 8.68. The fraction of sp³-hybridized carbons (Fsp3) is 0.875. The Labute approximate surface area is 259 Å². The van der Waals surface area contributed by atoms with Crippen molar-refractivity contribution in [1.82, 2.24) is 20.4 Å². The Morgan fingerprint density at radius 3 is 1.42 bits per heavy atom. The first-order valence-electron chi connectivity index (χ1n) is 16.1. The molecule has 0 unspecified atom stereocenters. The van der Waals surface area contributed by atoms with Crippen molar-refractivity contribution in [3.05, 3.63) is 0 Å². The number of carboxylic acids is 2. The zero-order chi connectivity index (χ0) is 32.6. The van der Waals surface area contributed by atoms with E-state index < -0.39 is 11.9 Å². The van der Waals surface area contributed by atoms with Crippen molar-refractivity contribution in [1.29, 1.82) is 0 Å². The fourth-order valence-electron chi connectivity index (χ4n) is 7.79. The molecular formula is C32H60N6O5. The normalized spacial score (nSPS) is 21.7. The topological polar surface area (TPSA) is 161 Å². The Bertz CT molecular complexity index is 961. The smallest absolute Gasteiger partial charge is 0.303 e. The summed E-state index contributed by atoms with van der Waals surface area (Å²) in [7, 11) is 0. The predicted molar refractivity (Wildman–Crippen MR) is 171 cm³/mol. The highest BCUT2D eigenvalue weighted by molar-refractivity contribution is 5.85. The molecule has 2 aliphatic heterocycles. The highest BCUT2D eigenvalue weighted by Gasteiger charge is 2.42. The second-order valence-electron chi connectivity index (χ2n) is 15.4. The van der Waals surface area contributed by atoms with Crippen LogP contribution in [0.3, 0.4) is 0 Å². The average molecular weight is 609 g/mol. The molecule has 2 saturated heterocycles. The predicted octanol–water partition coefficient (Wildman–Crippen LogP) is 4.30. The van der Waals surface area contributed by atoms with Crippen LogP contribution < -0.4 is 16.5 Å². The summed E-state index contributed by atoms with van der Waals surface area (Å²) in [5, 5.41) is 29.9. The second-order valence-corrected chi connectivity index (χ2v) is 15.4. The van der Waals surface area contributed by atoms with E-state index in [9.17, 15) is 24.6 Å². The van der Waals surface area contributed by atoms with Gasteiger partial charge in [-0.05, 0) is 93.9 Å². The van der Waals surface area contributed by atoms with E-state index in [1.54, 1.807) is 0 Å². The number of hydrazone groups is 1. The maximum Gasteiger partial charge on any atom is 0.303 e. The van der Waals surface area contributed by atoms with E-state index in [-0.39, 0.29) is 59.4 Å². The summed E-state index contributed by atoms with van der Waals surface area (Å²) >= 11 is 0. The van der Waals surface area contributed by atoms with E-state index in [1.165, 1.54) is 0 Å². The first kappa shape index (κ1) is 36.8. The van der Waals surface area contributed by atoms with Crippen LogP contribution in [0.15, 0.2) is 5.10 Å².